The average molecular weight is 427 g/mol. The topological polar surface area (TPSA) is 57.1 Å². The van der Waals surface area contributed by atoms with Gasteiger partial charge in [-0.2, -0.15) is 5.10 Å². The SMILES string of the molecule is C=N/C=N\NCC1(C(CCC)CCCC)CCN(C(=O)CCc2ccc(C)cc2)CC1. The van der Waals surface area contributed by atoms with Gasteiger partial charge < -0.3 is 10.3 Å². The van der Waals surface area contributed by atoms with Crippen molar-refractivity contribution >= 4 is 19.0 Å². The lowest BCUT2D eigenvalue weighted by Crippen LogP contribution is -2.50. The number of amides is 1. The number of hydrogen-bond acceptors (Lipinski definition) is 3. The standard InChI is InChI=1S/C26H42N4O/c1-5-7-9-24(8-6-2)26(20-28-29-21-27-4)16-18-30(19-17-26)25(31)15-14-23-12-10-22(3)11-13-23/h10-13,21,24,28H,4-9,14-20H2,1-3H3/b29-21-. The van der Waals surface area contributed by atoms with E-state index in [1.807, 2.05) is 0 Å². The Labute approximate surface area is 189 Å². The van der Waals surface area contributed by atoms with Gasteiger partial charge in [-0.1, -0.05) is 69.4 Å². The summed E-state index contributed by atoms with van der Waals surface area (Å²) in [6, 6.07) is 8.52. The van der Waals surface area contributed by atoms with Crippen LogP contribution in [0, 0.1) is 18.3 Å². The molecular weight excluding hydrogens is 384 g/mol. The fraction of sp³-hybridized carbons (Fsp3) is 0.654. The number of nitrogens with zero attached hydrogens (tertiary/aromatic N) is 3. The molecule has 0 aromatic heterocycles. The predicted octanol–water partition coefficient (Wildman–Crippen LogP) is 5.38. The van der Waals surface area contributed by atoms with Crippen molar-refractivity contribution in [2.75, 3.05) is 19.6 Å². The van der Waals surface area contributed by atoms with Gasteiger partial charge in [0.2, 0.25) is 5.91 Å². The first-order valence-electron chi connectivity index (χ1n) is 12.1. The van der Waals surface area contributed by atoms with Crippen LogP contribution >= 0.6 is 0 Å². The number of aryl methyl sites for hydroxylation is 2. The molecule has 0 spiro atoms. The molecule has 1 atom stereocenters. The Kier molecular flexibility index (Phi) is 10.8. The molecule has 1 saturated heterocycles. The van der Waals surface area contributed by atoms with E-state index >= 15 is 0 Å². The van der Waals surface area contributed by atoms with Gasteiger partial charge in [-0.3, -0.25) is 9.79 Å². The number of hydrazone groups is 1. The van der Waals surface area contributed by atoms with E-state index in [4.69, 9.17) is 0 Å². The van der Waals surface area contributed by atoms with Gasteiger partial charge >= 0.3 is 0 Å². The van der Waals surface area contributed by atoms with Crippen LogP contribution in [0.15, 0.2) is 34.4 Å². The summed E-state index contributed by atoms with van der Waals surface area (Å²) in [6.07, 6.45) is 11.2. The Bertz CT molecular complexity index is 690. The molecule has 0 bridgehead atoms. The molecule has 1 aliphatic rings. The molecule has 0 aliphatic carbocycles. The average Bonchev–Trinajstić information content (AvgIpc) is 2.79. The molecule has 0 saturated carbocycles. The largest absolute Gasteiger partial charge is 0.343 e. The van der Waals surface area contributed by atoms with E-state index in [0.717, 1.165) is 38.9 Å². The molecule has 1 fully saturated rings. The Hall–Kier alpha value is -2.17. The zero-order chi connectivity index (χ0) is 22.5. The number of carbonyl (C=O) groups is 1. The summed E-state index contributed by atoms with van der Waals surface area (Å²) < 4.78 is 0. The van der Waals surface area contributed by atoms with Gasteiger partial charge in [0.05, 0.1) is 0 Å². The van der Waals surface area contributed by atoms with Crippen LogP contribution in [0.4, 0.5) is 0 Å². The van der Waals surface area contributed by atoms with Crippen LogP contribution in [0.25, 0.3) is 0 Å². The molecule has 172 valence electrons. The number of hydrogen-bond donors (Lipinski definition) is 1. The number of unbranched alkanes of at least 4 members (excludes halogenated alkanes) is 1. The molecule has 1 aliphatic heterocycles. The third-order valence-corrected chi connectivity index (χ3v) is 6.93. The Morgan fingerprint density at radius 3 is 2.52 bits per heavy atom. The second-order valence-electron chi connectivity index (χ2n) is 9.12. The number of benzene rings is 1. The van der Waals surface area contributed by atoms with Crippen molar-refractivity contribution in [3.05, 3.63) is 35.4 Å². The number of nitrogens with one attached hydrogen (secondary N) is 1. The molecule has 5 heteroatoms. The quantitative estimate of drug-likeness (QED) is 0.262. The monoisotopic (exact) mass is 426 g/mol. The maximum absolute atomic E-state index is 12.9. The normalized spacial score (nSPS) is 16.9. The summed E-state index contributed by atoms with van der Waals surface area (Å²) in [7, 11) is 0. The summed E-state index contributed by atoms with van der Waals surface area (Å²) in [4.78, 5) is 18.7. The highest BCUT2D eigenvalue weighted by Crippen LogP contribution is 2.43. The third kappa shape index (κ3) is 7.79. The molecule has 0 radical (unpaired) electrons. The molecule has 31 heavy (non-hydrogen) atoms. The molecule has 1 unspecified atom stereocenters. The first-order chi connectivity index (χ1) is 15.0. The van der Waals surface area contributed by atoms with Gasteiger partial charge in [0.25, 0.3) is 0 Å². The zero-order valence-electron chi connectivity index (χ0n) is 19.9. The first kappa shape index (κ1) is 25.1. The van der Waals surface area contributed by atoms with Crippen molar-refractivity contribution in [2.45, 2.75) is 78.6 Å². The predicted molar refractivity (Wildman–Crippen MR) is 132 cm³/mol. The van der Waals surface area contributed by atoms with Crippen LogP contribution in [-0.4, -0.2) is 43.5 Å². The lowest BCUT2D eigenvalue weighted by Gasteiger charge is -2.47. The number of aliphatic imine (C=N–C) groups is 1. The van der Waals surface area contributed by atoms with E-state index in [1.165, 1.54) is 49.6 Å². The van der Waals surface area contributed by atoms with Gasteiger partial charge in [0, 0.05) is 26.1 Å². The zero-order valence-corrected chi connectivity index (χ0v) is 19.9. The Morgan fingerprint density at radius 2 is 1.90 bits per heavy atom. The van der Waals surface area contributed by atoms with E-state index in [1.54, 1.807) is 0 Å². The van der Waals surface area contributed by atoms with Crippen LogP contribution in [0.3, 0.4) is 0 Å². The summed E-state index contributed by atoms with van der Waals surface area (Å²) >= 11 is 0. The lowest BCUT2D eigenvalue weighted by molar-refractivity contribution is -0.134. The van der Waals surface area contributed by atoms with Gasteiger partial charge in [-0.15, -0.1) is 0 Å². The number of likely N-dealkylation sites (tertiary alicyclic amines) is 1. The maximum atomic E-state index is 12.9. The summed E-state index contributed by atoms with van der Waals surface area (Å²) in [5, 5.41) is 4.19. The highest BCUT2D eigenvalue weighted by atomic mass is 16.2. The number of rotatable bonds is 13. The van der Waals surface area contributed by atoms with Crippen LogP contribution < -0.4 is 5.43 Å². The smallest absolute Gasteiger partial charge is 0.222 e. The summed E-state index contributed by atoms with van der Waals surface area (Å²) in [5.41, 5.74) is 5.93. The van der Waals surface area contributed by atoms with Crippen LogP contribution in [0.1, 0.15) is 76.3 Å². The third-order valence-electron chi connectivity index (χ3n) is 6.93. The van der Waals surface area contributed by atoms with Crippen molar-refractivity contribution in [3.63, 3.8) is 0 Å². The van der Waals surface area contributed by atoms with Gasteiger partial charge in [0.1, 0.15) is 6.34 Å². The van der Waals surface area contributed by atoms with Crippen molar-refractivity contribution in [2.24, 2.45) is 21.4 Å². The fourth-order valence-corrected chi connectivity index (χ4v) is 4.94. The summed E-state index contributed by atoms with van der Waals surface area (Å²) in [5.74, 6) is 0.957. The minimum Gasteiger partial charge on any atom is -0.343 e. The fourth-order valence-electron chi connectivity index (χ4n) is 4.94. The minimum atomic E-state index is 0.192. The number of piperidine rings is 1. The second-order valence-corrected chi connectivity index (χ2v) is 9.12. The second kappa shape index (κ2) is 13.3. The number of carbonyl (C=O) groups excluding carboxylic acids is 1. The van der Waals surface area contributed by atoms with Crippen molar-refractivity contribution < 1.29 is 4.79 Å². The van der Waals surface area contributed by atoms with Crippen molar-refractivity contribution in [3.8, 4) is 0 Å². The van der Waals surface area contributed by atoms with E-state index in [9.17, 15) is 4.79 Å². The Morgan fingerprint density at radius 1 is 1.19 bits per heavy atom. The highest BCUT2D eigenvalue weighted by Gasteiger charge is 2.41. The molecule has 5 nitrogen and oxygen atoms in total. The van der Waals surface area contributed by atoms with Crippen molar-refractivity contribution in [1.29, 1.82) is 0 Å². The van der Waals surface area contributed by atoms with Gasteiger partial charge in [0.15, 0.2) is 0 Å². The summed E-state index contributed by atoms with van der Waals surface area (Å²) in [6.45, 7) is 12.6. The first-order valence-corrected chi connectivity index (χ1v) is 12.1. The van der Waals surface area contributed by atoms with E-state index in [-0.39, 0.29) is 11.3 Å². The lowest BCUT2D eigenvalue weighted by atomic mass is 9.65. The van der Waals surface area contributed by atoms with Crippen LogP contribution in [0.2, 0.25) is 0 Å². The molecule has 1 aromatic rings. The van der Waals surface area contributed by atoms with Crippen LogP contribution in [0.5, 0.6) is 0 Å². The van der Waals surface area contributed by atoms with Crippen molar-refractivity contribution in [1.82, 2.24) is 10.3 Å². The van der Waals surface area contributed by atoms with Gasteiger partial charge in [-0.05, 0) is 56.2 Å². The molecule has 1 amide bonds. The van der Waals surface area contributed by atoms with E-state index in [0.29, 0.717) is 12.3 Å². The van der Waals surface area contributed by atoms with E-state index < -0.39 is 0 Å². The Balaban J connectivity index is 1.98. The van der Waals surface area contributed by atoms with E-state index in [2.05, 4.69) is 72.2 Å². The molecular formula is C26H42N4O. The minimum absolute atomic E-state index is 0.192. The maximum Gasteiger partial charge on any atom is 0.222 e. The highest BCUT2D eigenvalue weighted by molar-refractivity contribution is 5.76. The molecule has 1 aromatic carbocycles. The van der Waals surface area contributed by atoms with Crippen LogP contribution in [-0.2, 0) is 11.2 Å². The molecule has 1 N–H and O–H groups in total. The van der Waals surface area contributed by atoms with Gasteiger partial charge in [-0.25, -0.2) is 0 Å². The molecule has 2 rings (SSSR count). The molecule has 1 heterocycles.